The molecule has 1 saturated carbocycles. The average Bonchev–Trinajstić information content (AvgIpc) is 3.18. The Morgan fingerprint density at radius 3 is 2.95 bits per heavy atom. The van der Waals surface area contributed by atoms with Crippen molar-refractivity contribution in [1.82, 2.24) is 5.32 Å². The highest BCUT2D eigenvalue weighted by atomic mass is 15.1. The summed E-state index contributed by atoms with van der Waals surface area (Å²) in [6, 6.07) is 7.69. The van der Waals surface area contributed by atoms with Gasteiger partial charge in [-0.15, -0.1) is 0 Å². The van der Waals surface area contributed by atoms with Crippen LogP contribution in [-0.4, -0.2) is 19.6 Å². The predicted octanol–water partition coefficient (Wildman–Crippen LogP) is 3.35. The van der Waals surface area contributed by atoms with Crippen molar-refractivity contribution >= 4 is 5.69 Å². The van der Waals surface area contributed by atoms with E-state index in [0.717, 1.165) is 12.5 Å². The highest BCUT2D eigenvalue weighted by Crippen LogP contribution is 2.34. The number of hydrogen-bond acceptors (Lipinski definition) is 2. The zero-order valence-corrected chi connectivity index (χ0v) is 12.3. The molecule has 1 aromatic carbocycles. The van der Waals surface area contributed by atoms with Crippen LogP contribution in [0, 0.1) is 5.92 Å². The smallest absolute Gasteiger partial charge is 0.0397 e. The summed E-state index contributed by atoms with van der Waals surface area (Å²) in [4.78, 5) is 2.36. The molecule has 1 aliphatic heterocycles. The van der Waals surface area contributed by atoms with Crippen molar-refractivity contribution in [2.75, 3.05) is 18.5 Å². The van der Waals surface area contributed by atoms with Gasteiger partial charge in [0.05, 0.1) is 0 Å². The van der Waals surface area contributed by atoms with Crippen LogP contribution in [0.2, 0.25) is 0 Å². The molecule has 0 spiro atoms. The molecule has 0 bridgehead atoms. The molecule has 3 rings (SSSR count). The maximum absolute atomic E-state index is 3.75. The van der Waals surface area contributed by atoms with Crippen molar-refractivity contribution in [1.29, 1.82) is 0 Å². The van der Waals surface area contributed by atoms with Crippen LogP contribution in [0.5, 0.6) is 0 Å². The van der Waals surface area contributed by atoms with Gasteiger partial charge in [0.15, 0.2) is 0 Å². The Morgan fingerprint density at radius 1 is 1.37 bits per heavy atom. The lowest BCUT2D eigenvalue weighted by molar-refractivity contribution is 0.445. The zero-order chi connectivity index (χ0) is 13.2. The topological polar surface area (TPSA) is 15.3 Å². The van der Waals surface area contributed by atoms with E-state index in [1.165, 1.54) is 55.5 Å². The minimum Gasteiger partial charge on any atom is -0.374 e. The second-order valence-corrected chi connectivity index (χ2v) is 6.30. The van der Waals surface area contributed by atoms with Crippen LogP contribution >= 0.6 is 0 Å². The number of likely N-dealkylation sites (N-methyl/N-ethyl adjacent to an activating group) is 1. The summed E-state index contributed by atoms with van der Waals surface area (Å²) in [5, 5.41) is 3.75. The molecule has 2 heteroatoms. The van der Waals surface area contributed by atoms with Crippen molar-refractivity contribution < 1.29 is 0 Å². The van der Waals surface area contributed by atoms with Gasteiger partial charge in [-0.1, -0.05) is 31.9 Å². The van der Waals surface area contributed by atoms with Crippen LogP contribution in [0.15, 0.2) is 18.2 Å². The summed E-state index contributed by atoms with van der Waals surface area (Å²) < 4.78 is 0. The van der Waals surface area contributed by atoms with Crippen LogP contribution in [0.4, 0.5) is 5.69 Å². The van der Waals surface area contributed by atoms with E-state index in [1.807, 2.05) is 0 Å². The first-order valence-corrected chi connectivity index (χ1v) is 7.82. The summed E-state index contributed by atoms with van der Waals surface area (Å²) in [7, 11) is 2.19. The third kappa shape index (κ3) is 3.11. The molecule has 1 atom stereocenters. The average molecular weight is 258 g/mol. The van der Waals surface area contributed by atoms with Gasteiger partial charge >= 0.3 is 0 Å². The highest BCUT2D eigenvalue weighted by molar-refractivity contribution is 5.58. The van der Waals surface area contributed by atoms with Gasteiger partial charge in [0.25, 0.3) is 0 Å². The van der Waals surface area contributed by atoms with Crippen LogP contribution in [-0.2, 0) is 13.0 Å². The number of rotatable bonds is 6. The lowest BCUT2D eigenvalue weighted by Gasteiger charge is -2.17. The summed E-state index contributed by atoms with van der Waals surface area (Å²) >= 11 is 0. The number of hydrogen-bond donors (Lipinski definition) is 1. The van der Waals surface area contributed by atoms with Crippen LogP contribution in [0.1, 0.15) is 43.7 Å². The fourth-order valence-electron chi connectivity index (χ4n) is 3.14. The molecule has 2 nitrogen and oxygen atoms in total. The van der Waals surface area contributed by atoms with Crippen molar-refractivity contribution in [3.05, 3.63) is 29.3 Å². The number of nitrogens with zero attached hydrogens (tertiary/aromatic N) is 1. The maximum atomic E-state index is 3.75. The first kappa shape index (κ1) is 13.0. The summed E-state index contributed by atoms with van der Waals surface area (Å²) in [6.07, 6.45) is 6.76. The van der Waals surface area contributed by atoms with Gasteiger partial charge in [0, 0.05) is 31.9 Å². The fourth-order valence-corrected chi connectivity index (χ4v) is 3.14. The minimum absolute atomic E-state index is 0.712. The van der Waals surface area contributed by atoms with E-state index in [2.05, 4.69) is 42.4 Å². The second-order valence-electron chi connectivity index (χ2n) is 6.30. The number of fused-ring (bicyclic) bond motifs is 1. The van der Waals surface area contributed by atoms with Crippen LogP contribution in [0.25, 0.3) is 0 Å². The zero-order valence-electron chi connectivity index (χ0n) is 12.3. The van der Waals surface area contributed by atoms with Gasteiger partial charge in [-0.3, -0.25) is 0 Å². The molecule has 104 valence electrons. The Bertz CT molecular complexity index is 437. The third-order valence-electron chi connectivity index (χ3n) is 4.67. The van der Waals surface area contributed by atoms with Crippen molar-refractivity contribution in [2.24, 2.45) is 5.92 Å². The molecule has 1 fully saturated rings. The predicted molar refractivity (Wildman–Crippen MR) is 81.7 cm³/mol. The summed E-state index contributed by atoms with van der Waals surface area (Å²) in [5.41, 5.74) is 4.40. The monoisotopic (exact) mass is 258 g/mol. The Hall–Kier alpha value is -1.02. The molecule has 1 aliphatic carbocycles. The summed E-state index contributed by atoms with van der Waals surface area (Å²) in [6.45, 7) is 4.51. The van der Waals surface area contributed by atoms with E-state index in [1.54, 1.807) is 0 Å². The molecule has 1 aromatic rings. The van der Waals surface area contributed by atoms with Crippen LogP contribution < -0.4 is 10.2 Å². The fraction of sp³-hybridized carbons (Fsp3) is 0.647. The number of benzene rings is 1. The van der Waals surface area contributed by atoms with Crippen molar-refractivity contribution in [3.8, 4) is 0 Å². The Labute approximate surface area is 117 Å². The highest BCUT2D eigenvalue weighted by Gasteiger charge is 2.24. The second kappa shape index (κ2) is 5.54. The molecule has 2 aliphatic rings. The Balaban J connectivity index is 1.57. The SMILES string of the molecule is CCC(CC1CC1)NCc1ccc2c(c1)CCN2C. The molecule has 0 aromatic heterocycles. The van der Waals surface area contributed by atoms with Gasteiger partial charge in [0.2, 0.25) is 0 Å². The largest absolute Gasteiger partial charge is 0.374 e. The maximum Gasteiger partial charge on any atom is 0.0397 e. The lowest BCUT2D eigenvalue weighted by atomic mass is 10.1. The first-order chi connectivity index (χ1) is 9.26. The molecule has 0 saturated heterocycles. The molecule has 0 radical (unpaired) electrons. The first-order valence-electron chi connectivity index (χ1n) is 7.82. The molecular formula is C17H26N2. The van der Waals surface area contributed by atoms with Gasteiger partial charge < -0.3 is 10.2 Å². The van der Waals surface area contributed by atoms with Crippen molar-refractivity contribution in [2.45, 2.75) is 51.6 Å². The molecule has 1 N–H and O–H groups in total. The quantitative estimate of drug-likeness (QED) is 0.842. The molecule has 0 amide bonds. The van der Waals surface area contributed by atoms with Gasteiger partial charge in [-0.2, -0.15) is 0 Å². The van der Waals surface area contributed by atoms with E-state index in [0.29, 0.717) is 6.04 Å². The normalized spacial score (nSPS) is 19.6. The third-order valence-corrected chi connectivity index (χ3v) is 4.67. The van der Waals surface area contributed by atoms with E-state index in [-0.39, 0.29) is 0 Å². The number of nitrogens with one attached hydrogen (secondary N) is 1. The summed E-state index contributed by atoms with van der Waals surface area (Å²) in [5.74, 6) is 1.02. The molecule has 19 heavy (non-hydrogen) atoms. The van der Waals surface area contributed by atoms with Gasteiger partial charge in [0.1, 0.15) is 0 Å². The molecule has 1 heterocycles. The lowest BCUT2D eigenvalue weighted by Crippen LogP contribution is -2.28. The van der Waals surface area contributed by atoms with E-state index in [4.69, 9.17) is 0 Å². The standard InChI is InChI=1S/C17H26N2/c1-3-16(11-13-4-5-13)18-12-14-6-7-17-15(10-14)8-9-19(17)2/h6-7,10,13,16,18H,3-5,8-9,11-12H2,1-2H3. The molecular weight excluding hydrogens is 232 g/mol. The van der Waals surface area contributed by atoms with E-state index in [9.17, 15) is 0 Å². The Kier molecular flexibility index (Phi) is 3.79. The van der Waals surface area contributed by atoms with Gasteiger partial charge in [-0.25, -0.2) is 0 Å². The van der Waals surface area contributed by atoms with Crippen molar-refractivity contribution in [3.63, 3.8) is 0 Å². The van der Waals surface area contributed by atoms with Crippen LogP contribution in [0.3, 0.4) is 0 Å². The molecule has 1 unspecified atom stereocenters. The minimum atomic E-state index is 0.712. The Morgan fingerprint density at radius 2 is 2.21 bits per heavy atom. The number of anilines is 1. The van der Waals surface area contributed by atoms with Gasteiger partial charge in [-0.05, 0) is 42.4 Å². The van der Waals surface area contributed by atoms with E-state index < -0.39 is 0 Å². The van der Waals surface area contributed by atoms with E-state index >= 15 is 0 Å².